The van der Waals surface area contributed by atoms with Gasteiger partial charge in [0.15, 0.2) is 0 Å². The van der Waals surface area contributed by atoms with Gasteiger partial charge in [-0.3, -0.25) is 0 Å². The van der Waals surface area contributed by atoms with Crippen LogP contribution in [0.25, 0.3) is 11.1 Å². The van der Waals surface area contributed by atoms with E-state index in [2.05, 4.69) is 103 Å². The van der Waals surface area contributed by atoms with Crippen LogP contribution in [0.2, 0.25) is 0 Å². The Bertz CT molecular complexity index is 870. The third kappa shape index (κ3) is 2.26. The van der Waals surface area contributed by atoms with Crippen LogP contribution in [0.4, 0.5) is 17.1 Å². The SMILES string of the molecule is Cc1cc(-c2ccccc2)ccc1N1c2ccccc2N(C)[C@H]1C. The minimum Gasteiger partial charge on any atom is -0.353 e. The molecule has 2 nitrogen and oxygen atoms in total. The van der Waals surface area contributed by atoms with Crippen molar-refractivity contribution in [2.75, 3.05) is 16.8 Å². The van der Waals surface area contributed by atoms with E-state index in [1.165, 1.54) is 33.8 Å². The monoisotopic (exact) mass is 314 g/mol. The zero-order valence-electron chi connectivity index (χ0n) is 14.4. The van der Waals surface area contributed by atoms with Gasteiger partial charge in [-0.15, -0.1) is 0 Å². The molecule has 4 rings (SSSR count). The van der Waals surface area contributed by atoms with Gasteiger partial charge in [-0.1, -0.05) is 48.5 Å². The van der Waals surface area contributed by atoms with Crippen LogP contribution in [0.3, 0.4) is 0 Å². The highest BCUT2D eigenvalue weighted by atomic mass is 15.4. The van der Waals surface area contributed by atoms with Gasteiger partial charge in [0.2, 0.25) is 0 Å². The molecular formula is C22H22N2. The first kappa shape index (κ1) is 14.8. The minimum absolute atomic E-state index is 0.309. The van der Waals surface area contributed by atoms with Gasteiger partial charge >= 0.3 is 0 Å². The number of benzene rings is 3. The molecule has 120 valence electrons. The number of aryl methyl sites for hydroxylation is 1. The van der Waals surface area contributed by atoms with Crippen LogP contribution in [0.15, 0.2) is 72.8 Å². The topological polar surface area (TPSA) is 6.48 Å². The third-order valence-electron chi connectivity index (χ3n) is 5.02. The van der Waals surface area contributed by atoms with Gasteiger partial charge in [0, 0.05) is 12.7 Å². The molecule has 0 radical (unpaired) electrons. The number of rotatable bonds is 2. The fourth-order valence-corrected chi connectivity index (χ4v) is 3.61. The Labute approximate surface area is 144 Å². The number of nitrogens with zero attached hydrogens (tertiary/aromatic N) is 2. The molecule has 0 unspecified atom stereocenters. The van der Waals surface area contributed by atoms with Crippen molar-refractivity contribution < 1.29 is 0 Å². The van der Waals surface area contributed by atoms with Crippen molar-refractivity contribution in [2.24, 2.45) is 0 Å². The molecule has 0 amide bonds. The Hall–Kier alpha value is -2.74. The highest BCUT2D eigenvalue weighted by Crippen LogP contribution is 2.44. The molecule has 3 aromatic carbocycles. The van der Waals surface area contributed by atoms with Gasteiger partial charge < -0.3 is 9.80 Å². The summed E-state index contributed by atoms with van der Waals surface area (Å²) in [5.74, 6) is 0. The lowest BCUT2D eigenvalue weighted by molar-refractivity contribution is 0.732. The summed E-state index contributed by atoms with van der Waals surface area (Å²) in [5.41, 5.74) is 7.68. The smallest absolute Gasteiger partial charge is 0.103 e. The largest absolute Gasteiger partial charge is 0.353 e. The van der Waals surface area contributed by atoms with Crippen LogP contribution in [0, 0.1) is 6.92 Å². The minimum atomic E-state index is 0.309. The summed E-state index contributed by atoms with van der Waals surface area (Å²) < 4.78 is 0. The fraction of sp³-hybridized carbons (Fsp3) is 0.182. The van der Waals surface area contributed by atoms with Crippen LogP contribution >= 0.6 is 0 Å². The van der Waals surface area contributed by atoms with E-state index in [1.807, 2.05) is 0 Å². The standard InChI is InChI=1S/C22H22N2/c1-16-15-19(18-9-5-4-6-10-18)13-14-20(16)24-17(2)23(3)21-11-7-8-12-22(21)24/h4-15,17H,1-3H3/t17-/m1/s1. The Balaban J connectivity index is 1.78. The summed E-state index contributed by atoms with van der Waals surface area (Å²) >= 11 is 0. The van der Waals surface area contributed by atoms with E-state index >= 15 is 0 Å². The van der Waals surface area contributed by atoms with Gasteiger partial charge in [0.25, 0.3) is 0 Å². The average Bonchev–Trinajstić information content (AvgIpc) is 2.87. The van der Waals surface area contributed by atoms with Crippen LogP contribution < -0.4 is 9.80 Å². The predicted molar refractivity (Wildman–Crippen MR) is 103 cm³/mol. The van der Waals surface area contributed by atoms with E-state index in [0.717, 1.165) is 0 Å². The van der Waals surface area contributed by atoms with E-state index in [1.54, 1.807) is 0 Å². The molecule has 0 fully saturated rings. The molecule has 0 spiro atoms. The Kier molecular flexibility index (Phi) is 3.53. The van der Waals surface area contributed by atoms with Gasteiger partial charge in [0.1, 0.15) is 6.17 Å². The summed E-state index contributed by atoms with van der Waals surface area (Å²) in [6.45, 7) is 4.46. The quantitative estimate of drug-likeness (QED) is 0.608. The van der Waals surface area contributed by atoms with Crippen molar-refractivity contribution in [2.45, 2.75) is 20.0 Å². The van der Waals surface area contributed by atoms with Gasteiger partial charge in [-0.05, 0) is 54.8 Å². The molecule has 0 bridgehead atoms. The van der Waals surface area contributed by atoms with E-state index in [0.29, 0.717) is 6.17 Å². The molecule has 24 heavy (non-hydrogen) atoms. The van der Waals surface area contributed by atoms with E-state index in [-0.39, 0.29) is 0 Å². The first-order chi connectivity index (χ1) is 11.7. The molecule has 2 heteroatoms. The fourth-order valence-electron chi connectivity index (χ4n) is 3.61. The number of fused-ring (bicyclic) bond motifs is 1. The van der Waals surface area contributed by atoms with Crippen LogP contribution in [0.5, 0.6) is 0 Å². The number of hydrogen-bond acceptors (Lipinski definition) is 2. The summed E-state index contributed by atoms with van der Waals surface area (Å²) in [4.78, 5) is 4.76. The van der Waals surface area contributed by atoms with Crippen molar-refractivity contribution in [3.8, 4) is 11.1 Å². The predicted octanol–water partition coefficient (Wildman–Crippen LogP) is 5.60. The molecule has 1 aliphatic rings. The second-order valence-electron chi connectivity index (χ2n) is 6.47. The normalized spacial score (nSPS) is 16.4. The summed E-state index contributed by atoms with van der Waals surface area (Å²) in [7, 11) is 2.16. The maximum atomic E-state index is 2.43. The lowest BCUT2D eigenvalue weighted by Gasteiger charge is -2.29. The molecule has 1 heterocycles. The highest BCUT2D eigenvalue weighted by molar-refractivity contribution is 5.85. The second-order valence-corrected chi connectivity index (χ2v) is 6.47. The maximum Gasteiger partial charge on any atom is 0.103 e. The van der Waals surface area contributed by atoms with E-state index in [9.17, 15) is 0 Å². The van der Waals surface area contributed by atoms with Crippen molar-refractivity contribution in [1.29, 1.82) is 0 Å². The van der Waals surface area contributed by atoms with E-state index < -0.39 is 0 Å². The zero-order chi connectivity index (χ0) is 16.7. The maximum absolute atomic E-state index is 2.43. The summed E-state index contributed by atoms with van der Waals surface area (Å²) in [6.07, 6.45) is 0.309. The molecule has 0 N–H and O–H groups in total. The van der Waals surface area contributed by atoms with Gasteiger partial charge in [0.05, 0.1) is 11.4 Å². The third-order valence-corrected chi connectivity index (χ3v) is 5.02. The van der Waals surface area contributed by atoms with Crippen molar-refractivity contribution >= 4 is 17.1 Å². The first-order valence-corrected chi connectivity index (χ1v) is 8.44. The second kappa shape index (κ2) is 5.72. The molecular weight excluding hydrogens is 292 g/mol. The highest BCUT2D eigenvalue weighted by Gasteiger charge is 2.31. The summed E-state index contributed by atoms with van der Waals surface area (Å²) in [5, 5.41) is 0. The molecule has 0 saturated carbocycles. The molecule has 1 atom stereocenters. The average molecular weight is 314 g/mol. The van der Waals surface area contributed by atoms with Crippen molar-refractivity contribution in [3.05, 3.63) is 78.4 Å². The van der Waals surface area contributed by atoms with Crippen molar-refractivity contribution in [1.82, 2.24) is 0 Å². The lowest BCUT2D eigenvalue weighted by Crippen LogP contribution is -2.35. The Morgan fingerprint density at radius 1 is 0.708 bits per heavy atom. The summed E-state index contributed by atoms with van der Waals surface area (Å²) in [6, 6.07) is 26.0. The van der Waals surface area contributed by atoms with Gasteiger partial charge in [-0.2, -0.15) is 0 Å². The molecule has 0 aromatic heterocycles. The lowest BCUT2D eigenvalue weighted by atomic mass is 10.0. The zero-order valence-corrected chi connectivity index (χ0v) is 14.4. The van der Waals surface area contributed by atoms with Gasteiger partial charge in [-0.25, -0.2) is 0 Å². The molecule has 0 saturated heterocycles. The Morgan fingerprint density at radius 2 is 1.38 bits per heavy atom. The van der Waals surface area contributed by atoms with Crippen molar-refractivity contribution in [3.63, 3.8) is 0 Å². The van der Waals surface area contributed by atoms with Crippen LogP contribution in [-0.4, -0.2) is 13.2 Å². The molecule has 0 aliphatic carbocycles. The van der Waals surface area contributed by atoms with E-state index in [4.69, 9.17) is 0 Å². The number of anilines is 3. The molecule has 1 aliphatic heterocycles. The van der Waals surface area contributed by atoms with Crippen LogP contribution in [-0.2, 0) is 0 Å². The van der Waals surface area contributed by atoms with Crippen LogP contribution in [0.1, 0.15) is 12.5 Å². The number of hydrogen-bond donors (Lipinski definition) is 0. The molecule has 3 aromatic rings. The number of para-hydroxylation sites is 2. The first-order valence-electron chi connectivity index (χ1n) is 8.44. The Morgan fingerprint density at radius 3 is 2.08 bits per heavy atom.